The van der Waals surface area contributed by atoms with Gasteiger partial charge in [-0.25, -0.2) is 0 Å². The molecule has 0 aromatic heterocycles. The lowest BCUT2D eigenvalue weighted by Gasteiger charge is -2.44. The van der Waals surface area contributed by atoms with E-state index < -0.39 is 11.0 Å². The molecule has 4 N–H and O–H groups in total. The summed E-state index contributed by atoms with van der Waals surface area (Å²) in [5.41, 5.74) is -2.43. The molecule has 0 spiro atoms. The third-order valence-corrected chi connectivity index (χ3v) is 8.14. The van der Waals surface area contributed by atoms with Gasteiger partial charge in [-0.1, -0.05) is 143 Å². The largest absolute Gasteiger partial charge is 0.395 e. The zero-order chi connectivity index (χ0) is 26.4. The number of aliphatic hydroxyl groups is 4. The molecule has 4 heteroatoms. The molecule has 0 unspecified atom stereocenters. The summed E-state index contributed by atoms with van der Waals surface area (Å²) in [6, 6.07) is 0. The minimum Gasteiger partial charge on any atom is -0.395 e. The van der Waals surface area contributed by atoms with Gasteiger partial charge < -0.3 is 20.4 Å². The van der Waals surface area contributed by atoms with Crippen molar-refractivity contribution in [3.63, 3.8) is 0 Å². The van der Waals surface area contributed by atoms with Crippen molar-refractivity contribution in [1.82, 2.24) is 0 Å². The number of aliphatic hydroxyl groups excluding tert-OH is 3. The summed E-state index contributed by atoms with van der Waals surface area (Å²) in [6.07, 6.45) is 23.0. The molecular formula is C31H64O4. The topological polar surface area (TPSA) is 80.9 Å². The second-order valence-corrected chi connectivity index (χ2v) is 12.3. The molecule has 0 aliphatic heterocycles. The van der Waals surface area contributed by atoms with E-state index >= 15 is 0 Å². The van der Waals surface area contributed by atoms with Crippen LogP contribution in [0.3, 0.4) is 0 Å². The van der Waals surface area contributed by atoms with Crippen molar-refractivity contribution in [3.05, 3.63) is 0 Å². The number of hydrogen-bond donors (Lipinski definition) is 4. The number of rotatable bonds is 26. The molecular weight excluding hydrogens is 436 g/mol. The lowest BCUT2D eigenvalue weighted by atomic mass is 9.68. The lowest BCUT2D eigenvalue weighted by molar-refractivity contribution is -0.162. The Balaban J connectivity index is 4.25. The zero-order valence-electron chi connectivity index (χ0n) is 24.2. The van der Waals surface area contributed by atoms with Crippen molar-refractivity contribution >= 4 is 0 Å². The van der Waals surface area contributed by atoms with Crippen LogP contribution in [0.25, 0.3) is 0 Å². The van der Waals surface area contributed by atoms with Crippen LogP contribution < -0.4 is 0 Å². The van der Waals surface area contributed by atoms with Crippen LogP contribution >= 0.6 is 0 Å². The highest BCUT2D eigenvalue weighted by atomic mass is 16.3. The fraction of sp³-hybridized carbons (Fsp3) is 1.00. The van der Waals surface area contributed by atoms with E-state index in [0.29, 0.717) is 12.8 Å². The monoisotopic (exact) mass is 500 g/mol. The zero-order valence-corrected chi connectivity index (χ0v) is 24.2. The molecule has 4 nitrogen and oxygen atoms in total. The number of unbranched alkanes of at least 4 members (excludes halogenated alkanes) is 14. The van der Waals surface area contributed by atoms with E-state index in [4.69, 9.17) is 0 Å². The fourth-order valence-corrected chi connectivity index (χ4v) is 5.31. The molecule has 0 bridgehead atoms. The van der Waals surface area contributed by atoms with Crippen LogP contribution in [0, 0.1) is 17.3 Å². The van der Waals surface area contributed by atoms with E-state index in [9.17, 15) is 20.4 Å². The van der Waals surface area contributed by atoms with Gasteiger partial charge >= 0.3 is 0 Å². The molecule has 0 aliphatic rings. The molecule has 0 heterocycles. The molecule has 0 atom stereocenters. The highest BCUT2D eigenvalue weighted by molar-refractivity contribution is 4.98. The SMILES string of the molecule is CC(C)CCCCCCCCCCC(O)(CCCCCCCCCCC(C)C)C(CO)(CO)CO. The highest BCUT2D eigenvalue weighted by Gasteiger charge is 2.48. The van der Waals surface area contributed by atoms with Gasteiger partial charge in [0.15, 0.2) is 0 Å². The van der Waals surface area contributed by atoms with Gasteiger partial charge in [0.1, 0.15) is 0 Å². The maximum absolute atomic E-state index is 11.5. The smallest absolute Gasteiger partial charge is 0.0770 e. The van der Waals surface area contributed by atoms with Crippen LogP contribution in [0.2, 0.25) is 0 Å². The Kier molecular flexibility index (Phi) is 21.8. The quantitative estimate of drug-likeness (QED) is 0.0913. The molecule has 0 amide bonds. The van der Waals surface area contributed by atoms with Gasteiger partial charge in [0.25, 0.3) is 0 Å². The highest BCUT2D eigenvalue weighted by Crippen LogP contribution is 2.39. The molecule has 0 saturated heterocycles. The average Bonchev–Trinajstić information content (AvgIpc) is 2.82. The van der Waals surface area contributed by atoms with Gasteiger partial charge in [-0.3, -0.25) is 0 Å². The molecule has 0 aromatic carbocycles. The van der Waals surface area contributed by atoms with Gasteiger partial charge in [0.05, 0.1) is 30.8 Å². The summed E-state index contributed by atoms with van der Waals surface area (Å²) in [5.74, 6) is 1.61. The molecule has 0 aliphatic carbocycles. The second-order valence-electron chi connectivity index (χ2n) is 12.3. The van der Waals surface area contributed by atoms with Crippen molar-refractivity contribution in [2.24, 2.45) is 17.3 Å². The van der Waals surface area contributed by atoms with Crippen LogP contribution in [-0.4, -0.2) is 45.8 Å². The molecule has 0 saturated carbocycles. The Labute approximate surface area is 219 Å². The van der Waals surface area contributed by atoms with Crippen molar-refractivity contribution in [2.45, 2.75) is 162 Å². The van der Waals surface area contributed by atoms with Gasteiger partial charge in [0.2, 0.25) is 0 Å². The van der Waals surface area contributed by atoms with Crippen LogP contribution in [0.4, 0.5) is 0 Å². The van der Waals surface area contributed by atoms with E-state index in [1.165, 1.54) is 89.9 Å². The molecule has 35 heavy (non-hydrogen) atoms. The molecule has 212 valence electrons. The minimum absolute atomic E-state index is 0.386. The first-order chi connectivity index (χ1) is 16.8. The van der Waals surface area contributed by atoms with Crippen molar-refractivity contribution in [3.8, 4) is 0 Å². The Bertz CT molecular complexity index is 409. The fourth-order valence-electron chi connectivity index (χ4n) is 5.31. The van der Waals surface area contributed by atoms with Gasteiger partial charge in [0, 0.05) is 0 Å². The first-order valence-corrected chi connectivity index (χ1v) is 15.3. The average molecular weight is 501 g/mol. The normalized spacial score (nSPS) is 12.9. The first-order valence-electron chi connectivity index (χ1n) is 15.3. The van der Waals surface area contributed by atoms with Crippen molar-refractivity contribution in [1.29, 1.82) is 0 Å². The van der Waals surface area contributed by atoms with Crippen molar-refractivity contribution < 1.29 is 20.4 Å². The Morgan fingerprint density at radius 3 is 0.943 bits per heavy atom. The third-order valence-electron chi connectivity index (χ3n) is 8.14. The van der Waals surface area contributed by atoms with E-state index in [2.05, 4.69) is 27.7 Å². The molecule has 0 fully saturated rings. The second kappa shape index (κ2) is 21.9. The summed E-state index contributed by atoms with van der Waals surface area (Å²) in [6.45, 7) is 8.00. The maximum atomic E-state index is 11.5. The van der Waals surface area contributed by atoms with Crippen LogP contribution in [-0.2, 0) is 0 Å². The standard InChI is InChI=1S/C31H64O4/c1-28(2)21-17-13-9-5-7-11-15-19-23-31(35,30(25-32,26-33)27-34)24-20-16-12-8-6-10-14-18-22-29(3)4/h28-29,32-35H,5-27H2,1-4H3. The Morgan fingerprint density at radius 1 is 0.429 bits per heavy atom. The summed E-state index contributed by atoms with van der Waals surface area (Å²) in [7, 11) is 0. The van der Waals surface area contributed by atoms with E-state index in [1.54, 1.807) is 0 Å². The third kappa shape index (κ3) is 16.3. The van der Waals surface area contributed by atoms with Crippen LogP contribution in [0.1, 0.15) is 156 Å². The summed E-state index contributed by atoms with van der Waals surface area (Å²) in [5, 5.41) is 41.5. The van der Waals surface area contributed by atoms with Gasteiger partial charge in [-0.2, -0.15) is 0 Å². The Morgan fingerprint density at radius 2 is 0.686 bits per heavy atom. The maximum Gasteiger partial charge on any atom is 0.0770 e. The minimum atomic E-state index is -1.22. The van der Waals surface area contributed by atoms with E-state index in [0.717, 1.165) is 37.5 Å². The predicted octanol–water partition coefficient (Wildman–Crippen LogP) is 7.79. The number of hydrogen-bond acceptors (Lipinski definition) is 4. The van der Waals surface area contributed by atoms with E-state index in [1.807, 2.05) is 0 Å². The molecule has 0 radical (unpaired) electrons. The van der Waals surface area contributed by atoms with Gasteiger partial charge in [-0.05, 0) is 24.7 Å². The Hall–Kier alpha value is -0.160. The summed E-state index contributed by atoms with van der Waals surface area (Å²) < 4.78 is 0. The molecule has 0 aromatic rings. The predicted molar refractivity (Wildman–Crippen MR) is 151 cm³/mol. The first kappa shape index (κ1) is 34.8. The van der Waals surface area contributed by atoms with Crippen LogP contribution in [0.5, 0.6) is 0 Å². The van der Waals surface area contributed by atoms with Crippen molar-refractivity contribution in [2.75, 3.05) is 19.8 Å². The summed E-state index contributed by atoms with van der Waals surface area (Å²) in [4.78, 5) is 0. The van der Waals surface area contributed by atoms with Crippen LogP contribution in [0.15, 0.2) is 0 Å². The van der Waals surface area contributed by atoms with Gasteiger partial charge in [-0.15, -0.1) is 0 Å². The summed E-state index contributed by atoms with van der Waals surface area (Å²) >= 11 is 0. The van der Waals surface area contributed by atoms with E-state index in [-0.39, 0.29) is 19.8 Å². The molecule has 0 rings (SSSR count). The lowest BCUT2D eigenvalue weighted by Crippen LogP contribution is -2.55.